The molecule has 0 radical (unpaired) electrons. The summed E-state index contributed by atoms with van der Waals surface area (Å²) in [4.78, 5) is 0.706. The normalized spacial score (nSPS) is 12.9. The Morgan fingerprint density at radius 2 is 1.71 bits per heavy atom. The van der Waals surface area contributed by atoms with E-state index in [0.29, 0.717) is 10.6 Å². The molecule has 8 heteroatoms. The second kappa shape index (κ2) is 9.28. The molecule has 1 aromatic heterocycles. The molecule has 2 heterocycles. The summed E-state index contributed by atoms with van der Waals surface area (Å²) in [6.07, 6.45) is 1.68. The number of para-hydroxylation sites is 1. The molecule has 31 heavy (non-hydrogen) atoms. The number of rotatable bonds is 4. The Labute approximate surface area is 192 Å². The predicted molar refractivity (Wildman–Crippen MR) is 115 cm³/mol. The number of halogens is 2. The van der Waals surface area contributed by atoms with Gasteiger partial charge in [0, 0.05) is 11.1 Å². The molecule has 5 nitrogen and oxygen atoms in total. The Bertz CT molecular complexity index is 1280. The molecule has 0 saturated heterocycles. The van der Waals surface area contributed by atoms with Crippen molar-refractivity contribution in [3.63, 3.8) is 0 Å². The van der Waals surface area contributed by atoms with E-state index in [4.69, 9.17) is 9.47 Å². The first-order valence-corrected chi connectivity index (χ1v) is 10.1. The average Bonchev–Trinajstić information content (AvgIpc) is 3.42. The zero-order valence-electron chi connectivity index (χ0n) is 16.1. The van der Waals surface area contributed by atoms with Crippen molar-refractivity contribution in [3.05, 3.63) is 94.4 Å². The number of aromatic nitrogens is 1. The van der Waals surface area contributed by atoms with E-state index in [-0.39, 0.29) is 29.6 Å². The Kier molecular flexibility index (Phi) is 6.29. The van der Waals surface area contributed by atoms with Crippen LogP contribution >= 0.6 is 11.3 Å². The Balaban J connectivity index is 0.00000231. The van der Waals surface area contributed by atoms with E-state index in [2.05, 4.69) is 10.2 Å². The Morgan fingerprint density at radius 3 is 2.52 bits per heavy atom. The van der Waals surface area contributed by atoms with Crippen LogP contribution in [0.1, 0.15) is 5.56 Å². The third-order valence-corrected chi connectivity index (χ3v) is 5.43. The lowest BCUT2D eigenvalue weighted by Gasteiger charge is -2.08. The van der Waals surface area contributed by atoms with Gasteiger partial charge in [-0.1, -0.05) is 18.2 Å². The van der Waals surface area contributed by atoms with E-state index in [1.54, 1.807) is 18.3 Å². The monoisotopic (exact) mass is 496 g/mol. The largest absolute Gasteiger partial charge is 1.00 e. The van der Waals surface area contributed by atoms with Crippen LogP contribution in [-0.4, -0.2) is 17.6 Å². The van der Waals surface area contributed by atoms with Gasteiger partial charge in [0.05, 0.1) is 11.9 Å². The van der Waals surface area contributed by atoms with Gasteiger partial charge in [-0.05, 0) is 65.7 Å². The van der Waals surface area contributed by atoms with Crippen LogP contribution in [0.25, 0.3) is 16.9 Å². The van der Waals surface area contributed by atoms with E-state index in [1.807, 2.05) is 58.5 Å². The molecule has 4 aromatic rings. The first-order chi connectivity index (χ1) is 14.8. The van der Waals surface area contributed by atoms with E-state index < -0.39 is 0 Å². The molecule has 0 fully saturated rings. The van der Waals surface area contributed by atoms with Crippen LogP contribution < -0.4 is 31.3 Å². The lowest BCUT2D eigenvalue weighted by atomic mass is 10.1. The molecule has 1 aliphatic rings. The van der Waals surface area contributed by atoms with E-state index in [0.717, 1.165) is 28.3 Å². The SMILES string of the molecule is Fc1ccc(-c2cs/c(=N\N=C\c3ccc4c(c3)OCO4)n2-c2ccccc2)cc1.[Br-]. The second-order valence-electron chi connectivity index (χ2n) is 6.54. The highest BCUT2D eigenvalue weighted by Crippen LogP contribution is 2.32. The maximum Gasteiger partial charge on any atom is 0.231 e. The highest BCUT2D eigenvalue weighted by Gasteiger charge is 2.13. The third kappa shape index (κ3) is 4.45. The molecule has 0 aliphatic carbocycles. The van der Waals surface area contributed by atoms with Gasteiger partial charge in [0.25, 0.3) is 0 Å². The van der Waals surface area contributed by atoms with Crippen LogP contribution in [0.3, 0.4) is 0 Å². The molecule has 0 spiro atoms. The standard InChI is InChI=1S/C23H16FN3O2S.BrH/c24-18-9-7-17(8-10-18)20-14-30-23(27(20)19-4-2-1-3-5-19)26-25-13-16-6-11-21-22(12-16)29-15-28-21;/h1-14H,15H2;1H/p-1/b25-13+,26-23-;. The van der Waals surface area contributed by atoms with Gasteiger partial charge in [0.1, 0.15) is 5.82 Å². The summed E-state index contributed by atoms with van der Waals surface area (Å²) < 4.78 is 26.1. The second-order valence-corrected chi connectivity index (χ2v) is 7.38. The molecule has 156 valence electrons. The number of benzene rings is 3. The number of hydrogen-bond donors (Lipinski definition) is 0. The first-order valence-electron chi connectivity index (χ1n) is 9.26. The first kappa shape index (κ1) is 21.0. The van der Waals surface area contributed by atoms with E-state index in [9.17, 15) is 4.39 Å². The van der Waals surface area contributed by atoms with Crippen LogP contribution in [0.4, 0.5) is 4.39 Å². The fourth-order valence-corrected chi connectivity index (χ4v) is 4.03. The molecule has 0 unspecified atom stereocenters. The summed E-state index contributed by atoms with van der Waals surface area (Å²) in [6, 6.07) is 21.9. The highest BCUT2D eigenvalue weighted by atomic mass is 79.9. The molecule has 1 aliphatic heterocycles. The summed E-state index contributed by atoms with van der Waals surface area (Å²) in [5.41, 5.74) is 3.64. The zero-order chi connectivity index (χ0) is 20.3. The van der Waals surface area contributed by atoms with Crippen LogP contribution in [0, 0.1) is 5.82 Å². The van der Waals surface area contributed by atoms with Crippen molar-refractivity contribution in [1.82, 2.24) is 4.57 Å². The fourth-order valence-electron chi connectivity index (χ4n) is 3.17. The quantitative estimate of drug-likeness (QED) is 0.320. The van der Waals surface area contributed by atoms with Crippen molar-refractivity contribution in [1.29, 1.82) is 0 Å². The minimum atomic E-state index is -0.265. The lowest BCUT2D eigenvalue weighted by Crippen LogP contribution is -3.00. The van der Waals surface area contributed by atoms with Gasteiger partial charge in [-0.2, -0.15) is 5.10 Å². The molecular formula is C23H16BrFN3O2S-. The summed E-state index contributed by atoms with van der Waals surface area (Å²) in [5.74, 6) is 1.17. The van der Waals surface area contributed by atoms with Gasteiger partial charge >= 0.3 is 0 Å². The van der Waals surface area contributed by atoms with Crippen LogP contribution in [0.15, 0.2) is 88.4 Å². The van der Waals surface area contributed by atoms with E-state index in [1.165, 1.54) is 23.5 Å². The van der Waals surface area contributed by atoms with Crippen molar-refractivity contribution in [2.45, 2.75) is 0 Å². The predicted octanol–water partition coefficient (Wildman–Crippen LogP) is 2.01. The van der Waals surface area contributed by atoms with Crippen molar-refractivity contribution < 1.29 is 30.8 Å². The summed E-state index contributed by atoms with van der Waals surface area (Å²) in [6.45, 7) is 0.235. The van der Waals surface area contributed by atoms with Gasteiger partial charge in [0.2, 0.25) is 11.6 Å². The maximum absolute atomic E-state index is 13.4. The molecule has 5 rings (SSSR count). The van der Waals surface area contributed by atoms with E-state index >= 15 is 0 Å². The fraction of sp³-hybridized carbons (Fsp3) is 0.0435. The number of ether oxygens (including phenoxy) is 2. The van der Waals surface area contributed by atoms with Crippen LogP contribution in [0.5, 0.6) is 11.5 Å². The summed E-state index contributed by atoms with van der Waals surface area (Å²) >= 11 is 1.47. The molecule has 0 N–H and O–H groups in total. The number of nitrogens with zero attached hydrogens (tertiary/aromatic N) is 3. The molecule has 0 atom stereocenters. The smallest absolute Gasteiger partial charge is 0.231 e. The van der Waals surface area contributed by atoms with Crippen LogP contribution in [-0.2, 0) is 0 Å². The topological polar surface area (TPSA) is 48.1 Å². The van der Waals surface area contributed by atoms with Crippen molar-refractivity contribution >= 4 is 17.6 Å². The zero-order valence-corrected chi connectivity index (χ0v) is 18.5. The van der Waals surface area contributed by atoms with Crippen molar-refractivity contribution in [2.75, 3.05) is 6.79 Å². The summed E-state index contributed by atoms with van der Waals surface area (Å²) in [5, 5.41) is 10.7. The minimum absolute atomic E-state index is 0. The van der Waals surface area contributed by atoms with Crippen molar-refractivity contribution in [3.8, 4) is 28.4 Å². The number of hydrogen-bond acceptors (Lipinski definition) is 5. The molecule has 0 amide bonds. The van der Waals surface area contributed by atoms with Gasteiger partial charge in [-0.15, -0.1) is 16.4 Å². The number of thiazole rings is 1. The molecule has 0 bridgehead atoms. The minimum Gasteiger partial charge on any atom is -1.00 e. The molecule has 0 saturated carbocycles. The van der Waals surface area contributed by atoms with Gasteiger partial charge < -0.3 is 26.5 Å². The Morgan fingerprint density at radius 1 is 0.935 bits per heavy atom. The summed E-state index contributed by atoms with van der Waals surface area (Å²) in [7, 11) is 0. The Hall–Kier alpha value is -3.23. The molecular weight excluding hydrogens is 481 g/mol. The number of fused-ring (bicyclic) bond motifs is 1. The van der Waals surface area contributed by atoms with Crippen molar-refractivity contribution in [2.24, 2.45) is 10.2 Å². The average molecular weight is 497 g/mol. The highest BCUT2D eigenvalue weighted by molar-refractivity contribution is 7.07. The maximum atomic E-state index is 13.4. The lowest BCUT2D eigenvalue weighted by molar-refractivity contribution is -0.00000798. The van der Waals surface area contributed by atoms with Crippen LogP contribution in [0.2, 0.25) is 0 Å². The third-order valence-electron chi connectivity index (χ3n) is 4.61. The van der Waals surface area contributed by atoms with Gasteiger partial charge in [-0.3, -0.25) is 4.57 Å². The molecule has 3 aromatic carbocycles. The van der Waals surface area contributed by atoms with Gasteiger partial charge in [-0.25, -0.2) is 4.39 Å². The van der Waals surface area contributed by atoms with Gasteiger partial charge in [0.15, 0.2) is 11.5 Å².